The van der Waals surface area contributed by atoms with Crippen LogP contribution in [0.4, 0.5) is 5.95 Å². The number of aromatic nitrogens is 2. The number of rotatable bonds is 7. The van der Waals surface area contributed by atoms with Crippen molar-refractivity contribution in [3.05, 3.63) is 36.5 Å². The normalized spacial score (nSPS) is 19.6. The minimum absolute atomic E-state index is 0.0387. The summed E-state index contributed by atoms with van der Waals surface area (Å²) in [6.45, 7) is 9.09. The van der Waals surface area contributed by atoms with Gasteiger partial charge in [-0.25, -0.2) is 18.9 Å². The molecular weight excluding hydrogens is 386 g/mol. The van der Waals surface area contributed by atoms with Gasteiger partial charge in [0, 0.05) is 35.4 Å². The Labute approximate surface area is 175 Å². The number of anilines is 1. The first-order valence-electron chi connectivity index (χ1n) is 9.93. The summed E-state index contributed by atoms with van der Waals surface area (Å²) >= 11 is 0. The molecule has 1 saturated heterocycles. The third-order valence-electron chi connectivity index (χ3n) is 4.87. The number of hydrogen-bond acceptors (Lipinski definition) is 6. The van der Waals surface area contributed by atoms with Crippen LogP contribution in [0.5, 0.6) is 0 Å². The van der Waals surface area contributed by atoms with E-state index in [4.69, 9.17) is 10.1 Å². The Balaban J connectivity index is 1.77. The largest absolute Gasteiger partial charge is 0.395 e. The second-order valence-electron chi connectivity index (χ2n) is 8.82. The fraction of sp³-hybridized carbons (Fsp3) is 0.524. The van der Waals surface area contributed by atoms with Gasteiger partial charge < -0.3 is 15.7 Å². The summed E-state index contributed by atoms with van der Waals surface area (Å²) in [5.41, 5.74) is 1.72. The molecule has 7 nitrogen and oxygen atoms in total. The van der Waals surface area contributed by atoms with Crippen LogP contribution in [0.3, 0.4) is 0 Å². The van der Waals surface area contributed by atoms with Crippen molar-refractivity contribution in [2.45, 2.75) is 62.6 Å². The number of hydrogen-bond donors (Lipinski definition) is 4. The predicted octanol–water partition coefficient (Wildman–Crippen LogP) is 2.47. The van der Waals surface area contributed by atoms with E-state index in [-0.39, 0.29) is 30.3 Å². The monoisotopic (exact) mass is 417 g/mol. The maximum Gasteiger partial charge on any atom is 0.223 e. The zero-order valence-electron chi connectivity index (χ0n) is 17.5. The van der Waals surface area contributed by atoms with Crippen LogP contribution in [0.15, 0.2) is 41.4 Å². The van der Waals surface area contributed by atoms with Crippen LogP contribution in [0.1, 0.15) is 40.5 Å². The third-order valence-corrected chi connectivity index (χ3v) is 6.02. The van der Waals surface area contributed by atoms with Gasteiger partial charge in [0.15, 0.2) is 0 Å². The van der Waals surface area contributed by atoms with Crippen molar-refractivity contribution in [3.63, 3.8) is 0 Å². The van der Waals surface area contributed by atoms with E-state index in [9.17, 15) is 4.21 Å². The van der Waals surface area contributed by atoms with Crippen molar-refractivity contribution in [2.75, 3.05) is 18.5 Å². The van der Waals surface area contributed by atoms with E-state index in [0.717, 1.165) is 24.1 Å². The van der Waals surface area contributed by atoms with Gasteiger partial charge in [-0.1, -0.05) is 12.1 Å². The molecule has 0 amide bonds. The van der Waals surface area contributed by atoms with E-state index in [1.54, 1.807) is 12.3 Å². The van der Waals surface area contributed by atoms with E-state index in [2.05, 4.69) is 48.0 Å². The molecule has 1 atom stereocenters. The van der Waals surface area contributed by atoms with Crippen LogP contribution >= 0.6 is 0 Å². The van der Waals surface area contributed by atoms with Gasteiger partial charge in [-0.2, -0.15) is 0 Å². The van der Waals surface area contributed by atoms with E-state index < -0.39 is 11.0 Å². The lowest BCUT2D eigenvalue weighted by Gasteiger charge is -2.46. The molecule has 8 heteroatoms. The molecule has 1 aliphatic rings. The summed E-state index contributed by atoms with van der Waals surface area (Å²) in [6.07, 6.45) is 3.71. The van der Waals surface area contributed by atoms with Crippen molar-refractivity contribution in [2.24, 2.45) is 0 Å². The lowest BCUT2D eigenvalue weighted by Crippen LogP contribution is -2.60. The van der Waals surface area contributed by atoms with Crippen LogP contribution in [-0.4, -0.2) is 49.6 Å². The fourth-order valence-electron chi connectivity index (χ4n) is 4.19. The molecule has 0 spiro atoms. The number of piperidine rings is 1. The molecule has 1 aliphatic heterocycles. The Bertz CT molecular complexity index is 856. The molecule has 4 N–H and O–H groups in total. The fourth-order valence-corrected chi connectivity index (χ4v) is 5.07. The van der Waals surface area contributed by atoms with E-state index in [1.165, 1.54) is 0 Å². The molecule has 1 fully saturated rings. The highest BCUT2D eigenvalue weighted by molar-refractivity contribution is 7.83. The SMILES string of the molecule is CC1(C)CC(Nc2nccc(-c3cccc(S(=O)NCCO)c3)n2)CC(C)(C)N1. The highest BCUT2D eigenvalue weighted by Crippen LogP contribution is 2.30. The minimum Gasteiger partial charge on any atom is -0.395 e. The van der Waals surface area contributed by atoms with Gasteiger partial charge in [-0.3, -0.25) is 0 Å². The number of aliphatic hydroxyl groups excluding tert-OH is 1. The summed E-state index contributed by atoms with van der Waals surface area (Å²) in [4.78, 5) is 9.75. The molecule has 0 radical (unpaired) electrons. The van der Waals surface area contributed by atoms with Gasteiger partial charge >= 0.3 is 0 Å². The maximum atomic E-state index is 12.3. The van der Waals surface area contributed by atoms with Gasteiger partial charge in [0.2, 0.25) is 5.95 Å². The molecule has 1 aromatic heterocycles. The summed E-state index contributed by atoms with van der Waals surface area (Å²) in [7, 11) is -1.37. The van der Waals surface area contributed by atoms with Crippen molar-refractivity contribution in [1.29, 1.82) is 0 Å². The second-order valence-corrected chi connectivity index (χ2v) is 10.1. The standard InChI is InChI=1S/C21H31N5O2S/c1-20(2)13-16(14-21(3,4)26-20)24-19-22-9-8-18(25-19)15-6-5-7-17(12-15)29(28)23-10-11-27/h5-9,12,16,23,26-27H,10-11,13-14H2,1-4H3,(H,22,24,25). The third kappa shape index (κ3) is 6.05. The molecule has 1 aromatic carbocycles. The molecule has 0 bridgehead atoms. The number of benzene rings is 1. The second kappa shape index (κ2) is 8.87. The van der Waals surface area contributed by atoms with Crippen molar-refractivity contribution in [3.8, 4) is 11.3 Å². The summed E-state index contributed by atoms with van der Waals surface area (Å²) in [6, 6.07) is 9.57. The molecule has 3 rings (SSSR count). The highest BCUT2D eigenvalue weighted by Gasteiger charge is 2.37. The summed E-state index contributed by atoms with van der Waals surface area (Å²) < 4.78 is 15.1. The number of aliphatic hydroxyl groups is 1. The predicted molar refractivity (Wildman–Crippen MR) is 117 cm³/mol. The van der Waals surface area contributed by atoms with Crippen molar-refractivity contribution >= 4 is 16.9 Å². The Morgan fingerprint density at radius 2 is 1.93 bits per heavy atom. The molecule has 158 valence electrons. The average molecular weight is 418 g/mol. The number of nitrogens with one attached hydrogen (secondary N) is 3. The molecule has 29 heavy (non-hydrogen) atoms. The Hall–Kier alpha value is -1.87. The molecule has 0 aliphatic carbocycles. The minimum atomic E-state index is -1.37. The zero-order chi connectivity index (χ0) is 21.1. The maximum absolute atomic E-state index is 12.3. The van der Waals surface area contributed by atoms with Crippen LogP contribution in [0.2, 0.25) is 0 Å². The Morgan fingerprint density at radius 3 is 2.62 bits per heavy atom. The molecule has 0 saturated carbocycles. The summed E-state index contributed by atoms with van der Waals surface area (Å²) in [5, 5.41) is 16.1. The molecule has 2 aromatic rings. The smallest absolute Gasteiger partial charge is 0.223 e. The van der Waals surface area contributed by atoms with Crippen LogP contribution < -0.4 is 15.4 Å². The average Bonchev–Trinajstić information content (AvgIpc) is 2.64. The van der Waals surface area contributed by atoms with Crippen LogP contribution in [-0.2, 0) is 11.0 Å². The number of nitrogens with zero attached hydrogens (tertiary/aromatic N) is 2. The first-order valence-corrected chi connectivity index (χ1v) is 11.1. The van der Waals surface area contributed by atoms with Crippen LogP contribution in [0.25, 0.3) is 11.3 Å². The lowest BCUT2D eigenvalue weighted by molar-refractivity contribution is 0.170. The summed E-state index contributed by atoms with van der Waals surface area (Å²) in [5.74, 6) is 0.603. The topological polar surface area (TPSA) is 99.2 Å². The quantitative estimate of drug-likeness (QED) is 0.552. The Morgan fingerprint density at radius 1 is 1.21 bits per heavy atom. The Kier molecular flexibility index (Phi) is 6.68. The van der Waals surface area contributed by atoms with Gasteiger partial charge in [0.1, 0.15) is 11.0 Å². The molecule has 1 unspecified atom stereocenters. The van der Waals surface area contributed by atoms with E-state index in [0.29, 0.717) is 10.8 Å². The van der Waals surface area contributed by atoms with Crippen molar-refractivity contribution < 1.29 is 9.32 Å². The van der Waals surface area contributed by atoms with Crippen LogP contribution in [0, 0.1) is 0 Å². The first-order chi connectivity index (χ1) is 13.7. The van der Waals surface area contributed by atoms with Gasteiger partial charge in [-0.05, 0) is 58.7 Å². The van der Waals surface area contributed by atoms with E-state index in [1.807, 2.05) is 24.3 Å². The lowest BCUT2D eigenvalue weighted by atomic mass is 9.80. The molecule has 2 heterocycles. The van der Waals surface area contributed by atoms with Crippen molar-refractivity contribution in [1.82, 2.24) is 20.0 Å². The van der Waals surface area contributed by atoms with Gasteiger partial charge in [0.25, 0.3) is 0 Å². The van der Waals surface area contributed by atoms with Gasteiger partial charge in [0.05, 0.1) is 17.2 Å². The van der Waals surface area contributed by atoms with E-state index >= 15 is 0 Å². The molecular formula is C21H31N5O2S. The first kappa shape index (κ1) is 21.8. The van der Waals surface area contributed by atoms with Gasteiger partial charge in [-0.15, -0.1) is 0 Å². The zero-order valence-corrected chi connectivity index (χ0v) is 18.3. The highest BCUT2D eigenvalue weighted by atomic mass is 32.2.